The molecule has 2 heterocycles. The molecule has 2 aliphatic heterocycles. The minimum Gasteiger partial charge on any atom is -0.341 e. The van der Waals surface area contributed by atoms with Crippen molar-refractivity contribution in [2.45, 2.75) is 51.6 Å². The van der Waals surface area contributed by atoms with Crippen LogP contribution in [-0.2, 0) is 4.79 Å². The molecule has 1 N–H and O–H groups in total. The molecule has 0 aromatic rings. The topological polar surface area (TPSA) is 35.6 Å². The maximum absolute atomic E-state index is 12.2. The summed E-state index contributed by atoms with van der Waals surface area (Å²) in [6.45, 7) is 9.63. The van der Waals surface area contributed by atoms with Crippen LogP contribution in [0.25, 0.3) is 0 Å². The van der Waals surface area contributed by atoms with Gasteiger partial charge in [0.25, 0.3) is 0 Å². The van der Waals surface area contributed by atoms with Crippen LogP contribution < -0.4 is 5.32 Å². The maximum atomic E-state index is 12.2. The molecule has 0 spiro atoms. The summed E-state index contributed by atoms with van der Waals surface area (Å²) in [6, 6.07) is 0.510. The zero-order valence-corrected chi connectivity index (χ0v) is 11.8. The number of piperidine rings is 1. The van der Waals surface area contributed by atoms with Crippen LogP contribution in [0.1, 0.15) is 39.5 Å². The zero-order valence-electron chi connectivity index (χ0n) is 11.8. The van der Waals surface area contributed by atoms with E-state index >= 15 is 0 Å². The van der Waals surface area contributed by atoms with Crippen LogP contribution in [0.4, 0.5) is 0 Å². The lowest BCUT2D eigenvalue weighted by atomic mass is 10.0. The zero-order chi connectivity index (χ0) is 13.0. The molecular formula is C14H27N3O. The maximum Gasteiger partial charge on any atom is 0.239 e. The van der Waals surface area contributed by atoms with Crippen molar-refractivity contribution in [1.29, 1.82) is 0 Å². The number of likely N-dealkylation sites (tertiary alicyclic amines) is 2. The fraction of sp³-hybridized carbons (Fsp3) is 0.929. The smallest absolute Gasteiger partial charge is 0.239 e. The Hall–Kier alpha value is -0.610. The predicted octanol–water partition coefficient (Wildman–Crippen LogP) is 1.07. The fourth-order valence-corrected chi connectivity index (χ4v) is 3.05. The molecule has 2 aliphatic rings. The van der Waals surface area contributed by atoms with E-state index in [9.17, 15) is 4.79 Å². The molecule has 18 heavy (non-hydrogen) atoms. The second-order valence-electron chi connectivity index (χ2n) is 5.63. The molecule has 0 bridgehead atoms. The Labute approximate surface area is 111 Å². The monoisotopic (exact) mass is 253 g/mol. The van der Waals surface area contributed by atoms with Gasteiger partial charge in [-0.3, -0.25) is 4.79 Å². The van der Waals surface area contributed by atoms with E-state index in [2.05, 4.69) is 17.1 Å². The Morgan fingerprint density at radius 3 is 2.39 bits per heavy atom. The minimum atomic E-state index is -0.0127. The first-order valence-electron chi connectivity index (χ1n) is 7.48. The highest BCUT2D eigenvalue weighted by Crippen LogP contribution is 2.13. The molecule has 2 fully saturated rings. The van der Waals surface area contributed by atoms with Gasteiger partial charge in [-0.15, -0.1) is 0 Å². The van der Waals surface area contributed by atoms with Gasteiger partial charge in [0.2, 0.25) is 5.91 Å². The molecule has 2 saturated heterocycles. The number of amides is 1. The van der Waals surface area contributed by atoms with Crippen molar-refractivity contribution in [1.82, 2.24) is 15.1 Å². The summed E-state index contributed by atoms with van der Waals surface area (Å²) in [4.78, 5) is 16.7. The molecular weight excluding hydrogens is 226 g/mol. The number of nitrogens with zero attached hydrogens (tertiary/aromatic N) is 2. The number of carbonyl (C=O) groups is 1. The molecule has 4 nitrogen and oxygen atoms in total. The molecule has 4 heteroatoms. The van der Waals surface area contributed by atoms with Crippen molar-refractivity contribution in [3.8, 4) is 0 Å². The molecule has 104 valence electrons. The summed E-state index contributed by atoms with van der Waals surface area (Å²) in [7, 11) is 0. The quantitative estimate of drug-likeness (QED) is 0.814. The van der Waals surface area contributed by atoms with Gasteiger partial charge in [-0.05, 0) is 52.2 Å². The van der Waals surface area contributed by atoms with Crippen molar-refractivity contribution >= 4 is 5.91 Å². The van der Waals surface area contributed by atoms with Crippen LogP contribution in [0.3, 0.4) is 0 Å². The van der Waals surface area contributed by atoms with Gasteiger partial charge in [-0.25, -0.2) is 0 Å². The second-order valence-corrected chi connectivity index (χ2v) is 5.63. The van der Waals surface area contributed by atoms with E-state index in [0.717, 1.165) is 19.6 Å². The SMILES string of the molecule is CCN1CCC(NC(C)C(=O)N2CCCC2)CC1. The van der Waals surface area contributed by atoms with Crippen molar-refractivity contribution in [2.75, 3.05) is 32.7 Å². The van der Waals surface area contributed by atoms with E-state index in [-0.39, 0.29) is 6.04 Å². The lowest BCUT2D eigenvalue weighted by Gasteiger charge is -2.33. The van der Waals surface area contributed by atoms with Crippen LogP contribution in [0.15, 0.2) is 0 Å². The number of nitrogens with one attached hydrogen (secondary N) is 1. The third-order valence-electron chi connectivity index (χ3n) is 4.31. The second kappa shape index (κ2) is 6.53. The third kappa shape index (κ3) is 3.45. The van der Waals surface area contributed by atoms with Crippen LogP contribution in [-0.4, -0.2) is 60.5 Å². The summed E-state index contributed by atoms with van der Waals surface area (Å²) in [6.07, 6.45) is 4.69. The van der Waals surface area contributed by atoms with E-state index in [1.165, 1.54) is 38.8 Å². The van der Waals surface area contributed by atoms with E-state index in [1.54, 1.807) is 0 Å². The lowest BCUT2D eigenvalue weighted by Crippen LogP contribution is -2.50. The van der Waals surface area contributed by atoms with Crippen molar-refractivity contribution in [2.24, 2.45) is 0 Å². The Morgan fingerprint density at radius 2 is 1.83 bits per heavy atom. The van der Waals surface area contributed by atoms with E-state index < -0.39 is 0 Å². The van der Waals surface area contributed by atoms with Gasteiger partial charge in [-0.2, -0.15) is 0 Å². The van der Waals surface area contributed by atoms with Gasteiger partial charge in [-0.1, -0.05) is 6.92 Å². The summed E-state index contributed by atoms with van der Waals surface area (Å²) >= 11 is 0. The average molecular weight is 253 g/mol. The molecule has 1 amide bonds. The Morgan fingerprint density at radius 1 is 1.22 bits per heavy atom. The standard InChI is InChI=1S/C14H27N3O/c1-3-16-10-6-13(7-11-16)15-12(2)14(18)17-8-4-5-9-17/h12-13,15H,3-11H2,1-2H3. The Kier molecular flexibility index (Phi) is 5.01. The van der Waals surface area contributed by atoms with E-state index in [4.69, 9.17) is 0 Å². The fourth-order valence-electron chi connectivity index (χ4n) is 3.05. The van der Waals surface area contributed by atoms with Crippen molar-refractivity contribution in [3.63, 3.8) is 0 Å². The average Bonchev–Trinajstić information content (AvgIpc) is 2.92. The predicted molar refractivity (Wildman–Crippen MR) is 73.5 cm³/mol. The highest BCUT2D eigenvalue weighted by molar-refractivity contribution is 5.81. The number of rotatable bonds is 4. The largest absolute Gasteiger partial charge is 0.341 e. The molecule has 0 aromatic heterocycles. The molecule has 0 aliphatic carbocycles. The normalized spacial score (nSPS) is 24.4. The van der Waals surface area contributed by atoms with Crippen molar-refractivity contribution < 1.29 is 4.79 Å². The third-order valence-corrected chi connectivity index (χ3v) is 4.31. The summed E-state index contributed by atoms with van der Waals surface area (Å²) < 4.78 is 0. The minimum absolute atomic E-state index is 0.0127. The Bertz CT molecular complexity index is 268. The molecule has 0 radical (unpaired) electrons. The van der Waals surface area contributed by atoms with Gasteiger partial charge in [0, 0.05) is 19.1 Å². The summed E-state index contributed by atoms with van der Waals surface area (Å²) in [5.74, 6) is 0.297. The molecule has 0 saturated carbocycles. The molecule has 1 atom stereocenters. The van der Waals surface area contributed by atoms with Gasteiger partial charge in [0.15, 0.2) is 0 Å². The van der Waals surface area contributed by atoms with Gasteiger partial charge < -0.3 is 15.1 Å². The number of hydrogen-bond donors (Lipinski definition) is 1. The highest BCUT2D eigenvalue weighted by Gasteiger charge is 2.26. The molecule has 0 aromatic carbocycles. The van der Waals surface area contributed by atoms with Gasteiger partial charge in [0.1, 0.15) is 0 Å². The van der Waals surface area contributed by atoms with Gasteiger partial charge >= 0.3 is 0 Å². The first kappa shape index (κ1) is 13.8. The lowest BCUT2D eigenvalue weighted by molar-refractivity contribution is -0.132. The number of hydrogen-bond acceptors (Lipinski definition) is 3. The first-order chi connectivity index (χ1) is 8.70. The van der Waals surface area contributed by atoms with Crippen LogP contribution in [0, 0.1) is 0 Å². The van der Waals surface area contributed by atoms with E-state index in [0.29, 0.717) is 11.9 Å². The van der Waals surface area contributed by atoms with Gasteiger partial charge in [0.05, 0.1) is 6.04 Å². The molecule has 2 rings (SSSR count). The van der Waals surface area contributed by atoms with E-state index in [1.807, 2.05) is 11.8 Å². The summed E-state index contributed by atoms with van der Waals surface area (Å²) in [5.41, 5.74) is 0. The molecule has 1 unspecified atom stereocenters. The van der Waals surface area contributed by atoms with Crippen molar-refractivity contribution in [3.05, 3.63) is 0 Å². The Balaban J connectivity index is 1.73. The highest BCUT2D eigenvalue weighted by atomic mass is 16.2. The van der Waals surface area contributed by atoms with Crippen LogP contribution >= 0.6 is 0 Å². The first-order valence-corrected chi connectivity index (χ1v) is 7.48. The van der Waals surface area contributed by atoms with Crippen LogP contribution in [0.5, 0.6) is 0 Å². The summed E-state index contributed by atoms with van der Waals surface area (Å²) in [5, 5.41) is 3.52. The number of carbonyl (C=O) groups excluding carboxylic acids is 1. The van der Waals surface area contributed by atoms with Crippen LogP contribution in [0.2, 0.25) is 0 Å².